The topological polar surface area (TPSA) is 116 Å². The number of allylic oxidation sites excluding steroid dienone is 2. The molecule has 2 amide bonds. The largest absolute Gasteiger partial charge is 0.504 e. The smallest absolute Gasteiger partial charge is 0.352 e. The van der Waals surface area contributed by atoms with Crippen molar-refractivity contribution in [3.05, 3.63) is 86.7 Å². The zero-order valence-corrected chi connectivity index (χ0v) is 23.5. The van der Waals surface area contributed by atoms with Gasteiger partial charge in [0.1, 0.15) is 0 Å². The highest BCUT2D eigenvalue weighted by atomic mass is 79.9. The highest BCUT2D eigenvalue weighted by Gasteiger charge is 2.75. The molecule has 1 saturated heterocycles. The summed E-state index contributed by atoms with van der Waals surface area (Å²) >= 11 is 17.5. The van der Waals surface area contributed by atoms with Gasteiger partial charge in [-0.1, -0.05) is 46.3 Å². The standard InChI is InChI=1S/C26H21BrCl2N4O6/c1-39-19-8-7-14(11-18(19)34)20-16-9-10-31-23(37)32(15-5-3-2-4-6-15)24(38)33(31)17(16)12-25(28)21(35)30(13-27)22(36)26(20,25)29/h2-9,11,17,20,34H,10,12-13H2,1H3. The second kappa shape index (κ2) is 8.87. The summed E-state index contributed by atoms with van der Waals surface area (Å²) < 4.78 is 8.81. The summed E-state index contributed by atoms with van der Waals surface area (Å²) in [7, 11) is 1.40. The van der Waals surface area contributed by atoms with E-state index in [1.54, 1.807) is 42.5 Å². The number of phenolic OH excluding ortho intramolecular Hbond substituents is 1. The number of likely N-dealkylation sites (tertiary alicyclic amines) is 1. The van der Waals surface area contributed by atoms with E-state index in [1.165, 1.54) is 28.6 Å². The van der Waals surface area contributed by atoms with Crippen molar-refractivity contribution in [3.8, 4) is 17.2 Å². The first-order valence-corrected chi connectivity index (χ1v) is 13.8. The summed E-state index contributed by atoms with van der Waals surface area (Å²) in [6.07, 6.45) is 1.52. The number of hydrogen-bond donors (Lipinski definition) is 1. The highest BCUT2D eigenvalue weighted by molar-refractivity contribution is 9.09. The Morgan fingerprint density at radius 3 is 2.41 bits per heavy atom. The lowest BCUT2D eigenvalue weighted by molar-refractivity contribution is -0.138. The number of halogens is 3. The molecule has 1 aromatic heterocycles. The van der Waals surface area contributed by atoms with Crippen LogP contribution < -0.4 is 16.1 Å². The molecule has 4 atom stereocenters. The number of aromatic nitrogens is 3. The fraction of sp³-hybridized carbons (Fsp3) is 0.308. The lowest BCUT2D eigenvalue weighted by atomic mass is 9.64. The van der Waals surface area contributed by atoms with E-state index in [1.807, 2.05) is 0 Å². The number of methoxy groups -OCH3 is 1. The van der Waals surface area contributed by atoms with E-state index < -0.39 is 44.9 Å². The summed E-state index contributed by atoms with van der Waals surface area (Å²) in [6.45, 7) is 0.0188. The summed E-state index contributed by atoms with van der Waals surface area (Å²) in [5, 5.41) is 10.6. The predicted molar refractivity (Wildman–Crippen MR) is 146 cm³/mol. The lowest BCUT2D eigenvalue weighted by Crippen LogP contribution is -2.59. The quantitative estimate of drug-likeness (QED) is 0.204. The van der Waals surface area contributed by atoms with Crippen LogP contribution in [-0.4, -0.2) is 58.1 Å². The molecule has 10 nitrogen and oxygen atoms in total. The Morgan fingerprint density at radius 1 is 1.05 bits per heavy atom. The van der Waals surface area contributed by atoms with Gasteiger partial charge in [0.05, 0.1) is 30.8 Å². The number of carbonyl (C=O) groups is 2. The molecule has 39 heavy (non-hydrogen) atoms. The number of benzene rings is 2. The average Bonchev–Trinajstić information content (AvgIpc) is 3.27. The van der Waals surface area contributed by atoms with Gasteiger partial charge in [0.15, 0.2) is 21.2 Å². The molecule has 1 N–H and O–H groups in total. The Balaban J connectivity index is 1.61. The maximum absolute atomic E-state index is 13.8. The van der Waals surface area contributed by atoms with Crippen LogP contribution in [-0.2, 0) is 16.1 Å². The Kier molecular flexibility index (Phi) is 5.91. The van der Waals surface area contributed by atoms with Gasteiger partial charge in [0.2, 0.25) is 0 Å². The van der Waals surface area contributed by atoms with E-state index in [-0.39, 0.29) is 29.9 Å². The van der Waals surface area contributed by atoms with Crippen LogP contribution in [0.1, 0.15) is 23.9 Å². The zero-order valence-electron chi connectivity index (χ0n) is 20.4. The van der Waals surface area contributed by atoms with Gasteiger partial charge < -0.3 is 9.84 Å². The number of ether oxygens (including phenoxy) is 1. The van der Waals surface area contributed by atoms with Gasteiger partial charge in [-0.15, -0.1) is 23.2 Å². The van der Waals surface area contributed by atoms with Crippen LogP contribution in [0.3, 0.4) is 0 Å². The summed E-state index contributed by atoms with van der Waals surface area (Å²) in [5.41, 5.74) is 0.0223. The summed E-state index contributed by atoms with van der Waals surface area (Å²) in [5.74, 6) is -2.43. The first kappa shape index (κ1) is 26.0. The Bertz CT molecular complexity index is 1700. The third-order valence-corrected chi connectivity index (χ3v) is 9.75. The molecule has 13 heteroatoms. The minimum atomic E-state index is -1.98. The first-order chi connectivity index (χ1) is 18.6. The molecule has 2 aliphatic heterocycles. The van der Waals surface area contributed by atoms with Crippen molar-refractivity contribution < 1.29 is 19.4 Å². The fourth-order valence-electron chi connectivity index (χ4n) is 6.07. The molecule has 1 aliphatic carbocycles. The predicted octanol–water partition coefficient (Wildman–Crippen LogP) is 2.86. The Hall–Kier alpha value is -3.28. The van der Waals surface area contributed by atoms with Gasteiger partial charge in [-0.25, -0.2) is 23.5 Å². The second-order valence-corrected chi connectivity index (χ2v) is 11.4. The molecule has 0 bridgehead atoms. The van der Waals surface area contributed by atoms with Gasteiger partial charge in [0.25, 0.3) is 11.8 Å². The number of phenols is 1. The molecular formula is C26H21BrCl2N4O6. The van der Waals surface area contributed by atoms with Crippen molar-refractivity contribution in [2.24, 2.45) is 0 Å². The molecule has 3 aromatic rings. The molecule has 2 aromatic carbocycles. The van der Waals surface area contributed by atoms with Crippen molar-refractivity contribution in [2.45, 2.75) is 34.7 Å². The monoisotopic (exact) mass is 634 g/mol. The van der Waals surface area contributed by atoms with Gasteiger partial charge >= 0.3 is 11.4 Å². The number of carbonyl (C=O) groups excluding carboxylic acids is 2. The van der Waals surface area contributed by atoms with E-state index in [4.69, 9.17) is 27.9 Å². The van der Waals surface area contributed by atoms with Gasteiger partial charge in [-0.3, -0.25) is 14.5 Å². The van der Waals surface area contributed by atoms with E-state index in [0.29, 0.717) is 16.8 Å². The third kappa shape index (κ3) is 3.26. The summed E-state index contributed by atoms with van der Waals surface area (Å²) in [6, 6.07) is 12.2. The van der Waals surface area contributed by atoms with E-state index in [9.17, 15) is 24.3 Å². The number of fused-ring (bicyclic) bond motifs is 4. The normalized spacial score (nSPS) is 27.6. The molecule has 0 spiro atoms. The summed E-state index contributed by atoms with van der Waals surface area (Å²) in [4.78, 5) is 51.6. The zero-order chi connectivity index (χ0) is 27.9. The molecular weight excluding hydrogens is 615 g/mol. The second-order valence-electron chi connectivity index (χ2n) is 9.62. The van der Waals surface area contributed by atoms with E-state index in [2.05, 4.69) is 15.9 Å². The van der Waals surface area contributed by atoms with Crippen LogP contribution in [0, 0.1) is 0 Å². The molecule has 6 rings (SSSR count). The van der Waals surface area contributed by atoms with Crippen LogP contribution in [0.15, 0.2) is 69.8 Å². The number of amides is 2. The van der Waals surface area contributed by atoms with Crippen molar-refractivity contribution in [1.82, 2.24) is 18.8 Å². The fourth-order valence-corrected chi connectivity index (χ4v) is 7.48. The first-order valence-electron chi connectivity index (χ1n) is 12.0. The molecule has 1 saturated carbocycles. The minimum absolute atomic E-state index is 0.0188. The number of aromatic hydroxyl groups is 1. The number of hydrogen-bond acceptors (Lipinski definition) is 6. The number of rotatable bonds is 4. The van der Waals surface area contributed by atoms with Crippen LogP contribution in [0.4, 0.5) is 0 Å². The van der Waals surface area contributed by atoms with Crippen LogP contribution in [0.5, 0.6) is 11.5 Å². The Morgan fingerprint density at radius 2 is 1.77 bits per heavy atom. The van der Waals surface area contributed by atoms with Crippen LogP contribution in [0.25, 0.3) is 5.69 Å². The molecule has 2 fully saturated rings. The maximum Gasteiger partial charge on any atom is 0.352 e. The third-order valence-electron chi connectivity index (χ3n) is 7.83. The van der Waals surface area contributed by atoms with Gasteiger partial charge in [0, 0.05) is 12.3 Å². The van der Waals surface area contributed by atoms with Crippen molar-refractivity contribution in [2.75, 3.05) is 12.6 Å². The highest BCUT2D eigenvalue weighted by Crippen LogP contribution is 2.63. The lowest BCUT2D eigenvalue weighted by Gasteiger charge is -2.49. The minimum Gasteiger partial charge on any atom is -0.504 e. The van der Waals surface area contributed by atoms with Crippen molar-refractivity contribution in [3.63, 3.8) is 0 Å². The molecule has 3 aliphatic rings. The van der Waals surface area contributed by atoms with Crippen molar-refractivity contribution in [1.29, 1.82) is 0 Å². The van der Waals surface area contributed by atoms with E-state index >= 15 is 0 Å². The number of imide groups is 1. The van der Waals surface area contributed by atoms with Gasteiger partial charge in [-0.2, -0.15) is 0 Å². The maximum atomic E-state index is 13.8. The average molecular weight is 636 g/mol. The molecule has 0 radical (unpaired) electrons. The van der Waals surface area contributed by atoms with Crippen molar-refractivity contribution >= 4 is 50.9 Å². The number of nitrogens with zero attached hydrogens (tertiary/aromatic N) is 4. The van der Waals surface area contributed by atoms with E-state index in [0.717, 1.165) is 9.47 Å². The number of para-hydroxylation sites is 1. The molecule has 4 unspecified atom stereocenters. The number of alkyl halides is 3. The van der Waals surface area contributed by atoms with Crippen LogP contribution in [0.2, 0.25) is 0 Å². The Labute approximate surface area is 239 Å². The SMILES string of the molecule is COc1ccc(C2C3=CCn4c(=O)n(-c5ccccc5)c(=O)n4C3CC3(Cl)C(=O)N(CBr)C(=O)C23Cl)cc1O. The van der Waals surface area contributed by atoms with Crippen LogP contribution >= 0.6 is 39.1 Å². The van der Waals surface area contributed by atoms with Gasteiger partial charge in [-0.05, 0) is 35.4 Å². The molecule has 202 valence electrons. The molecule has 3 heterocycles.